The lowest BCUT2D eigenvalue weighted by molar-refractivity contribution is -0.135. The number of hydrogen-bond donors (Lipinski definition) is 0. The number of methoxy groups -OCH3 is 1. The Morgan fingerprint density at radius 3 is 2.66 bits per heavy atom. The molecule has 4 rings (SSSR count). The molecule has 8 heteroatoms. The van der Waals surface area contributed by atoms with Crippen LogP contribution in [0, 0.1) is 5.82 Å². The predicted octanol–water partition coefficient (Wildman–Crippen LogP) is 4.57. The van der Waals surface area contributed by atoms with Gasteiger partial charge in [0.05, 0.1) is 6.04 Å². The van der Waals surface area contributed by atoms with E-state index >= 15 is 0 Å². The van der Waals surface area contributed by atoms with Crippen molar-refractivity contribution < 1.29 is 23.5 Å². The van der Waals surface area contributed by atoms with E-state index in [2.05, 4.69) is 0 Å². The molecule has 0 spiro atoms. The first-order valence-electron chi connectivity index (χ1n) is 11.6. The molecule has 3 aromatic rings. The van der Waals surface area contributed by atoms with E-state index in [-0.39, 0.29) is 36.8 Å². The van der Waals surface area contributed by atoms with Gasteiger partial charge < -0.3 is 19.3 Å². The van der Waals surface area contributed by atoms with Crippen LogP contribution in [0.3, 0.4) is 0 Å². The number of rotatable bonds is 10. The van der Waals surface area contributed by atoms with Gasteiger partial charge in [0.15, 0.2) is 11.6 Å². The lowest BCUT2D eigenvalue weighted by atomic mass is 10.0. The third kappa shape index (κ3) is 6.07. The third-order valence-electron chi connectivity index (χ3n) is 6.06. The van der Waals surface area contributed by atoms with E-state index in [1.165, 1.54) is 10.9 Å². The maximum Gasteiger partial charge on any atom is 0.254 e. The fourth-order valence-corrected chi connectivity index (χ4v) is 5.20. The molecule has 1 aromatic heterocycles. The molecular formula is C27H29FN2O4S. The molecule has 0 unspecified atom stereocenters. The van der Waals surface area contributed by atoms with Gasteiger partial charge in [-0.3, -0.25) is 9.59 Å². The molecule has 2 heterocycles. The molecule has 2 aromatic carbocycles. The molecule has 1 atom stereocenters. The van der Waals surface area contributed by atoms with Crippen LogP contribution >= 0.6 is 11.3 Å². The van der Waals surface area contributed by atoms with Gasteiger partial charge in [0.2, 0.25) is 5.91 Å². The molecule has 2 amide bonds. The van der Waals surface area contributed by atoms with Crippen molar-refractivity contribution in [2.24, 2.45) is 0 Å². The smallest absolute Gasteiger partial charge is 0.254 e. The number of carbonyl (C=O) groups excluding carboxylic acids is 2. The summed E-state index contributed by atoms with van der Waals surface area (Å²) in [7, 11) is 1.61. The predicted molar refractivity (Wildman–Crippen MR) is 133 cm³/mol. The minimum Gasteiger partial charge on any atom is -0.488 e. The van der Waals surface area contributed by atoms with Crippen molar-refractivity contribution in [3.8, 4) is 5.75 Å². The highest BCUT2D eigenvalue weighted by Crippen LogP contribution is 2.34. The standard InChI is InChI=1S/C27H29FN2O4S/c1-33-16-7-14-29(27(32)20-8-3-2-4-9-20)18-26(31)30-15-12-25-21(13-17-35-25)23(30)19-34-24-11-6-5-10-22(24)28/h2-6,8-11,13,17,23H,7,12,14-16,18-19H2,1H3/t23-/m1/s1. The number of para-hydroxylation sites is 1. The largest absolute Gasteiger partial charge is 0.488 e. The molecule has 0 N–H and O–H groups in total. The second-order valence-electron chi connectivity index (χ2n) is 8.33. The molecule has 0 radical (unpaired) electrons. The van der Waals surface area contributed by atoms with Crippen molar-refractivity contribution >= 4 is 23.2 Å². The molecule has 184 valence electrons. The number of nitrogens with zero attached hydrogens (tertiary/aromatic N) is 2. The van der Waals surface area contributed by atoms with Gasteiger partial charge in [-0.05, 0) is 54.1 Å². The van der Waals surface area contributed by atoms with Crippen LogP contribution in [-0.4, -0.2) is 61.6 Å². The van der Waals surface area contributed by atoms with E-state index in [0.29, 0.717) is 31.7 Å². The van der Waals surface area contributed by atoms with E-state index < -0.39 is 5.82 Å². The van der Waals surface area contributed by atoms with Gasteiger partial charge >= 0.3 is 0 Å². The second kappa shape index (κ2) is 12.0. The zero-order valence-electron chi connectivity index (χ0n) is 19.7. The highest BCUT2D eigenvalue weighted by atomic mass is 32.1. The zero-order valence-corrected chi connectivity index (χ0v) is 20.5. The number of hydrogen-bond acceptors (Lipinski definition) is 5. The van der Waals surface area contributed by atoms with Crippen molar-refractivity contribution in [3.63, 3.8) is 0 Å². The molecule has 0 saturated carbocycles. The summed E-state index contributed by atoms with van der Waals surface area (Å²) in [4.78, 5) is 31.3. The summed E-state index contributed by atoms with van der Waals surface area (Å²) in [5, 5.41) is 2.00. The lowest BCUT2D eigenvalue weighted by Crippen LogP contribution is -2.48. The Morgan fingerprint density at radius 1 is 1.11 bits per heavy atom. The first-order valence-corrected chi connectivity index (χ1v) is 12.5. The Balaban J connectivity index is 1.52. The highest BCUT2D eigenvalue weighted by Gasteiger charge is 2.33. The van der Waals surface area contributed by atoms with Gasteiger partial charge in [0.25, 0.3) is 5.91 Å². The van der Waals surface area contributed by atoms with Gasteiger partial charge in [-0.1, -0.05) is 30.3 Å². The van der Waals surface area contributed by atoms with Gasteiger partial charge in [-0.15, -0.1) is 11.3 Å². The fourth-order valence-electron chi connectivity index (χ4n) is 4.27. The second-order valence-corrected chi connectivity index (χ2v) is 9.33. The minimum absolute atomic E-state index is 0.0485. The fraction of sp³-hybridized carbons (Fsp3) is 0.333. The van der Waals surface area contributed by atoms with Crippen molar-refractivity contribution in [2.45, 2.75) is 18.9 Å². The summed E-state index contributed by atoms with van der Waals surface area (Å²) >= 11 is 1.65. The Hall–Kier alpha value is -3.23. The summed E-state index contributed by atoms with van der Waals surface area (Å²) in [5.74, 6) is -0.639. The molecule has 0 fully saturated rings. The van der Waals surface area contributed by atoms with Crippen LogP contribution in [0.4, 0.5) is 4.39 Å². The minimum atomic E-state index is -0.440. The van der Waals surface area contributed by atoms with Crippen molar-refractivity contribution in [2.75, 3.05) is 40.0 Å². The first-order chi connectivity index (χ1) is 17.1. The monoisotopic (exact) mass is 496 g/mol. The average Bonchev–Trinajstić information content (AvgIpc) is 3.37. The SMILES string of the molecule is COCCCN(CC(=O)N1CCc2sccc2[C@H]1COc1ccccc1F)C(=O)c1ccccc1. The third-order valence-corrected chi connectivity index (χ3v) is 7.06. The molecule has 1 aliphatic heterocycles. The topological polar surface area (TPSA) is 59.1 Å². The van der Waals surface area contributed by atoms with E-state index in [1.54, 1.807) is 70.7 Å². The summed E-state index contributed by atoms with van der Waals surface area (Å²) in [6.07, 6.45) is 1.36. The van der Waals surface area contributed by atoms with Gasteiger partial charge in [-0.2, -0.15) is 0 Å². The van der Waals surface area contributed by atoms with Crippen LogP contribution in [0.2, 0.25) is 0 Å². The van der Waals surface area contributed by atoms with E-state index in [4.69, 9.17) is 9.47 Å². The number of fused-ring (bicyclic) bond motifs is 1. The molecule has 35 heavy (non-hydrogen) atoms. The van der Waals surface area contributed by atoms with Crippen molar-refractivity contribution in [1.29, 1.82) is 0 Å². The van der Waals surface area contributed by atoms with Crippen LogP contribution < -0.4 is 4.74 Å². The number of ether oxygens (including phenoxy) is 2. The average molecular weight is 497 g/mol. The number of carbonyl (C=O) groups is 2. The molecule has 0 aliphatic carbocycles. The highest BCUT2D eigenvalue weighted by molar-refractivity contribution is 7.10. The molecular weight excluding hydrogens is 467 g/mol. The van der Waals surface area contributed by atoms with Crippen LogP contribution in [0.15, 0.2) is 66.0 Å². The first kappa shape index (κ1) is 24.9. The van der Waals surface area contributed by atoms with Crippen molar-refractivity contribution in [1.82, 2.24) is 9.80 Å². The molecule has 1 aliphatic rings. The van der Waals surface area contributed by atoms with Crippen LogP contribution in [-0.2, 0) is 16.0 Å². The van der Waals surface area contributed by atoms with Crippen LogP contribution in [0.1, 0.15) is 33.3 Å². The Morgan fingerprint density at radius 2 is 1.89 bits per heavy atom. The Labute approximate surface area is 208 Å². The van der Waals surface area contributed by atoms with E-state index in [9.17, 15) is 14.0 Å². The molecule has 6 nitrogen and oxygen atoms in total. The molecule has 0 saturated heterocycles. The normalized spacial score (nSPS) is 14.9. The summed E-state index contributed by atoms with van der Waals surface area (Å²) in [5.41, 5.74) is 1.56. The van der Waals surface area contributed by atoms with Crippen LogP contribution in [0.5, 0.6) is 5.75 Å². The summed E-state index contributed by atoms with van der Waals surface area (Å²) in [6, 6.07) is 16.9. The molecule has 0 bridgehead atoms. The number of benzene rings is 2. The lowest BCUT2D eigenvalue weighted by Gasteiger charge is -2.37. The zero-order chi connectivity index (χ0) is 24.6. The maximum absolute atomic E-state index is 14.1. The quantitative estimate of drug-likeness (QED) is 0.386. The number of halogens is 1. The maximum atomic E-state index is 14.1. The van der Waals surface area contributed by atoms with Crippen LogP contribution in [0.25, 0.3) is 0 Å². The van der Waals surface area contributed by atoms with E-state index in [1.807, 2.05) is 17.5 Å². The van der Waals surface area contributed by atoms with Crippen molar-refractivity contribution in [3.05, 3.63) is 87.9 Å². The van der Waals surface area contributed by atoms with Gasteiger partial charge in [-0.25, -0.2) is 4.39 Å². The number of amides is 2. The Bertz CT molecular complexity index is 1140. The van der Waals surface area contributed by atoms with Gasteiger partial charge in [0.1, 0.15) is 13.2 Å². The van der Waals surface area contributed by atoms with E-state index in [0.717, 1.165) is 12.0 Å². The Kier molecular flexibility index (Phi) is 8.50. The summed E-state index contributed by atoms with van der Waals surface area (Å²) in [6.45, 7) is 1.50. The summed E-state index contributed by atoms with van der Waals surface area (Å²) < 4.78 is 25.1. The van der Waals surface area contributed by atoms with Gasteiger partial charge in [0, 0.05) is 37.2 Å². The number of thiophene rings is 1.